The molecule has 0 bridgehead atoms. The maximum atomic E-state index is 13.3. The molecule has 160 valence electrons. The lowest BCUT2D eigenvalue weighted by atomic mass is 9.98. The van der Waals surface area contributed by atoms with E-state index in [9.17, 15) is 14.4 Å². The van der Waals surface area contributed by atoms with E-state index >= 15 is 0 Å². The molecule has 8 nitrogen and oxygen atoms in total. The van der Waals surface area contributed by atoms with Crippen LogP contribution in [0, 0.1) is 5.82 Å². The number of benzene rings is 1. The number of ether oxygens (including phenoxy) is 1. The van der Waals surface area contributed by atoms with E-state index in [1.165, 1.54) is 18.3 Å². The molecule has 9 heteroatoms. The van der Waals surface area contributed by atoms with Crippen LogP contribution in [0.2, 0.25) is 0 Å². The Kier molecular flexibility index (Phi) is 8.32. The van der Waals surface area contributed by atoms with Crippen LogP contribution in [-0.2, 0) is 11.3 Å². The summed E-state index contributed by atoms with van der Waals surface area (Å²) in [7, 11) is 1.62. The Labute approximate surface area is 170 Å². The number of hydrogen-bond donors (Lipinski definition) is 3. The quantitative estimate of drug-likeness (QED) is 0.238. The summed E-state index contributed by atoms with van der Waals surface area (Å²) in [5.41, 5.74) is 1.44. The molecular weight excluding hydrogens is 381 g/mol. The lowest BCUT2D eigenvalue weighted by Crippen LogP contribution is -2.31. The second kappa shape index (κ2) is 10.7. The van der Waals surface area contributed by atoms with E-state index in [2.05, 4.69) is 15.2 Å². The molecule has 0 fully saturated rings. The van der Waals surface area contributed by atoms with E-state index in [4.69, 9.17) is 9.99 Å². The zero-order valence-corrected chi connectivity index (χ0v) is 16.7. The number of hydroxylamine groups is 2. The summed E-state index contributed by atoms with van der Waals surface area (Å²) >= 11 is 0. The Morgan fingerprint density at radius 1 is 1.34 bits per heavy atom. The summed E-state index contributed by atoms with van der Waals surface area (Å²) in [5.74, 6) is -0.354. The Balaban J connectivity index is 0.00000450. The summed E-state index contributed by atoms with van der Waals surface area (Å²) in [6, 6.07) is 5.93. The zero-order valence-electron chi connectivity index (χ0n) is 16.7. The van der Waals surface area contributed by atoms with Gasteiger partial charge in [0.1, 0.15) is 17.4 Å². The lowest BCUT2D eigenvalue weighted by Gasteiger charge is -2.22. The van der Waals surface area contributed by atoms with Crippen LogP contribution in [0.15, 0.2) is 30.5 Å². The number of rotatable bonds is 10. The first-order valence-electron chi connectivity index (χ1n) is 9.25. The predicted molar refractivity (Wildman–Crippen MR) is 107 cm³/mol. The molecular formula is C20H28FN3O5. The lowest BCUT2D eigenvalue weighted by molar-refractivity contribution is -0.244. The maximum Gasteiger partial charge on any atom is 0.281 e. The van der Waals surface area contributed by atoms with E-state index in [-0.39, 0.29) is 50.7 Å². The molecule has 1 aromatic heterocycles. The van der Waals surface area contributed by atoms with Crippen LogP contribution < -0.4 is 10.1 Å². The third-order valence-corrected chi connectivity index (χ3v) is 4.09. The molecule has 0 spiro atoms. The topological polar surface area (TPSA) is 104 Å². The molecule has 3 N–H and O–H groups in total. The second-order valence-electron chi connectivity index (χ2n) is 6.66. The molecule has 0 saturated carbocycles. The summed E-state index contributed by atoms with van der Waals surface area (Å²) in [5, 5.41) is 22.0. The van der Waals surface area contributed by atoms with Gasteiger partial charge in [-0.1, -0.05) is 12.1 Å². The van der Waals surface area contributed by atoms with Crippen LogP contribution in [0.3, 0.4) is 0 Å². The van der Waals surface area contributed by atoms with Crippen LogP contribution in [0.5, 0.6) is 5.75 Å². The van der Waals surface area contributed by atoms with Crippen LogP contribution in [0.4, 0.5) is 10.2 Å². The molecule has 0 aliphatic rings. The number of hydrogen-bond acceptors (Lipinski definition) is 7. The molecule has 2 rings (SSSR count). The van der Waals surface area contributed by atoms with Gasteiger partial charge in [0.05, 0.1) is 31.0 Å². The van der Waals surface area contributed by atoms with Crippen LogP contribution in [-0.4, -0.2) is 52.7 Å². The number of nitrogens with zero attached hydrogens (tertiary/aromatic N) is 2. The third kappa shape index (κ3) is 6.11. The molecule has 0 saturated heterocycles. The van der Waals surface area contributed by atoms with Gasteiger partial charge in [-0.2, -0.15) is 0 Å². The molecule has 1 heterocycles. The van der Waals surface area contributed by atoms with Crippen molar-refractivity contribution in [1.82, 2.24) is 10.0 Å². The molecule has 0 aliphatic heterocycles. The molecule has 0 atom stereocenters. The fourth-order valence-electron chi connectivity index (χ4n) is 2.80. The molecule has 0 unspecified atom stereocenters. The zero-order chi connectivity index (χ0) is 21.4. The fraction of sp³-hybridized carbons (Fsp3) is 0.400. The Morgan fingerprint density at radius 3 is 2.62 bits per heavy atom. The molecule has 1 aromatic carbocycles. The molecule has 0 radical (unpaired) electrons. The van der Waals surface area contributed by atoms with E-state index in [1.54, 1.807) is 19.2 Å². The Bertz CT molecular complexity index is 821. The first-order valence-corrected chi connectivity index (χ1v) is 9.25. The number of halogens is 1. The first-order chi connectivity index (χ1) is 13.9. The molecule has 1 amide bonds. The van der Waals surface area contributed by atoms with Crippen molar-refractivity contribution >= 4 is 11.7 Å². The van der Waals surface area contributed by atoms with Gasteiger partial charge in [-0.15, -0.1) is 0 Å². The summed E-state index contributed by atoms with van der Waals surface area (Å²) in [6.45, 7) is 3.62. The maximum absolute atomic E-state index is 13.3. The number of carbonyl (C=O) groups is 1. The highest BCUT2D eigenvalue weighted by Crippen LogP contribution is 2.31. The van der Waals surface area contributed by atoms with Crippen molar-refractivity contribution < 1.29 is 30.7 Å². The number of amides is 1. The molecule has 0 aliphatic carbocycles. The fourth-order valence-corrected chi connectivity index (χ4v) is 2.80. The van der Waals surface area contributed by atoms with Crippen molar-refractivity contribution in [2.24, 2.45) is 0 Å². The average molecular weight is 409 g/mol. The van der Waals surface area contributed by atoms with Crippen LogP contribution in [0.25, 0.3) is 0 Å². The highest BCUT2D eigenvalue weighted by Gasteiger charge is 2.26. The number of nitrogens with one attached hydrogen (secondary N) is 1. The minimum absolute atomic E-state index is 0. The molecule has 29 heavy (non-hydrogen) atoms. The van der Waals surface area contributed by atoms with Crippen molar-refractivity contribution in [3.05, 3.63) is 53.0 Å². The Hall–Kier alpha value is -2.75. The minimum Gasteiger partial charge on any atom is -0.489 e. The van der Waals surface area contributed by atoms with Crippen molar-refractivity contribution in [2.45, 2.75) is 32.8 Å². The number of pyridine rings is 1. The number of aromatic nitrogens is 1. The number of carbonyl (C=O) groups excluding carboxylic acids is 1. The standard InChI is InChI=1S/C20H26FN3O5.H2/c1-13(2)29-17-12-23-19(22-3)18(20(25)24(26)9-4-10-28-27)16(17)11-14-5-7-15(21)8-6-14;/h5-8,12-13,26-27H,4,9-11H2,1-3H3,(H,22,23);1H. The summed E-state index contributed by atoms with van der Waals surface area (Å²) in [4.78, 5) is 21.2. The normalized spacial score (nSPS) is 10.9. The van der Waals surface area contributed by atoms with E-state index < -0.39 is 5.91 Å². The summed E-state index contributed by atoms with van der Waals surface area (Å²) in [6.07, 6.45) is 1.85. The SMILES string of the molecule is CNc1ncc(OC(C)C)c(Cc2ccc(F)cc2)c1C(=O)N(O)CCCOO.[HH]. The van der Waals surface area contributed by atoms with E-state index in [1.807, 2.05) is 13.8 Å². The van der Waals surface area contributed by atoms with Crippen molar-refractivity contribution in [3.8, 4) is 5.75 Å². The van der Waals surface area contributed by atoms with Crippen molar-refractivity contribution in [3.63, 3.8) is 0 Å². The van der Waals surface area contributed by atoms with Crippen LogP contribution >= 0.6 is 0 Å². The van der Waals surface area contributed by atoms with Gasteiger partial charge < -0.3 is 10.1 Å². The van der Waals surface area contributed by atoms with Gasteiger partial charge in [0.25, 0.3) is 5.91 Å². The number of anilines is 1. The van der Waals surface area contributed by atoms with Gasteiger partial charge in [-0.05, 0) is 38.0 Å². The Morgan fingerprint density at radius 2 is 2.03 bits per heavy atom. The largest absolute Gasteiger partial charge is 0.489 e. The van der Waals surface area contributed by atoms with E-state index in [0.717, 1.165) is 5.56 Å². The highest BCUT2D eigenvalue weighted by molar-refractivity contribution is 6.00. The van der Waals surface area contributed by atoms with Gasteiger partial charge >= 0.3 is 0 Å². The van der Waals surface area contributed by atoms with Crippen molar-refractivity contribution in [1.29, 1.82) is 0 Å². The minimum atomic E-state index is -0.675. The van der Waals surface area contributed by atoms with Gasteiger partial charge in [-0.25, -0.2) is 19.3 Å². The van der Waals surface area contributed by atoms with Crippen molar-refractivity contribution in [2.75, 3.05) is 25.5 Å². The smallest absolute Gasteiger partial charge is 0.281 e. The van der Waals surface area contributed by atoms with E-state index in [0.29, 0.717) is 16.4 Å². The highest BCUT2D eigenvalue weighted by atomic mass is 19.1. The van der Waals surface area contributed by atoms with Gasteiger partial charge in [-0.3, -0.25) is 15.3 Å². The van der Waals surface area contributed by atoms with Gasteiger partial charge in [0, 0.05) is 20.5 Å². The molecule has 2 aromatic rings. The van der Waals surface area contributed by atoms with Gasteiger partial charge in [0.15, 0.2) is 0 Å². The monoisotopic (exact) mass is 409 g/mol. The second-order valence-corrected chi connectivity index (χ2v) is 6.66. The summed E-state index contributed by atoms with van der Waals surface area (Å²) < 4.78 is 19.1. The average Bonchev–Trinajstić information content (AvgIpc) is 2.69. The predicted octanol–water partition coefficient (Wildman–Crippen LogP) is 3.60. The third-order valence-electron chi connectivity index (χ3n) is 4.09. The van der Waals surface area contributed by atoms with Gasteiger partial charge in [0.2, 0.25) is 0 Å². The van der Waals surface area contributed by atoms with Crippen LogP contribution in [0.1, 0.15) is 43.2 Å². The first kappa shape index (κ1) is 22.5.